The Balaban J connectivity index is 2.62. The Labute approximate surface area is 99.7 Å². The molecule has 1 unspecified atom stereocenters. The average molecular weight is 230 g/mol. The lowest BCUT2D eigenvalue weighted by Gasteiger charge is -2.24. The second kappa shape index (κ2) is 4.15. The van der Waals surface area contributed by atoms with Gasteiger partial charge in [0, 0.05) is 19.4 Å². The normalized spacial score (nSPS) is 14.5. The van der Waals surface area contributed by atoms with E-state index in [2.05, 4.69) is 16.3 Å². The summed E-state index contributed by atoms with van der Waals surface area (Å²) in [7, 11) is 1.66. The molecule has 1 atom stereocenters. The summed E-state index contributed by atoms with van der Waals surface area (Å²) in [6.45, 7) is 4.01. The van der Waals surface area contributed by atoms with Crippen molar-refractivity contribution in [1.82, 2.24) is 14.6 Å². The molecule has 0 bridgehead atoms. The number of hydrogen-bond donors (Lipinski definition) is 0. The van der Waals surface area contributed by atoms with Crippen LogP contribution in [0.1, 0.15) is 31.7 Å². The van der Waals surface area contributed by atoms with Gasteiger partial charge in [0.2, 0.25) is 0 Å². The molecule has 0 amide bonds. The topological polar surface area (TPSA) is 63.2 Å². The van der Waals surface area contributed by atoms with E-state index >= 15 is 0 Å². The van der Waals surface area contributed by atoms with Crippen LogP contribution in [0.25, 0.3) is 5.65 Å². The van der Waals surface area contributed by atoms with Gasteiger partial charge in [-0.15, -0.1) is 10.2 Å². The molecule has 0 aromatic carbocycles. The van der Waals surface area contributed by atoms with Crippen LogP contribution in [0, 0.1) is 11.3 Å². The third-order valence-corrected chi connectivity index (χ3v) is 3.14. The van der Waals surface area contributed by atoms with Crippen LogP contribution in [-0.4, -0.2) is 21.7 Å². The molecule has 2 heterocycles. The van der Waals surface area contributed by atoms with Crippen molar-refractivity contribution in [2.75, 3.05) is 7.11 Å². The third kappa shape index (κ3) is 1.77. The van der Waals surface area contributed by atoms with Gasteiger partial charge in [-0.3, -0.25) is 4.40 Å². The van der Waals surface area contributed by atoms with Gasteiger partial charge < -0.3 is 4.74 Å². The van der Waals surface area contributed by atoms with Crippen LogP contribution in [0.4, 0.5) is 0 Å². The molecular formula is C12H14N4O. The van der Waals surface area contributed by atoms with Crippen molar-refractivity contribution < 1.29 is 4.74 Å². The lowest BCUT2D eigenvalue weighted by molar-refractivity contribution is -0.00977. The zero-order valence-electron chi connectivity index (χ0n) is 10.1. The van der Waals surface area contributed by atoms with Crippen molar-refractivity contribution in [1.29, 1.82) is 5.26 Å². The van der Waals surface area contributed by atoms with Crippen molar-refractivity contribution in [3.05, 3.63) is 29.7 Å². The fourth-order valence-electron chi connectivity index (χ4n) is 1.71. The predicted octanol–water partition coefficient (Wildman–Crippen LogP) is 1.87. The van der Waals surface area contributed by atoms with Gasteiger partial charge in [-0.2, -0.15) is 5.26 Å². The largest absolute Gasteiger partial charge is 0.371 e. The Morgan fingerprint density at radius 3 is 2.88 bits per heavy atom. The highest BCUT2D eigenvalue weighted by Crippen LogP contribution is 2.26. The molecular weight excluding hydrogens is 216 g/mol. The van der Waals surface area contributed by atoms with Crippen LogP contribution in [-0.2, 0) is 10.3 Å². The van der Waals surface area contributed by atoms with Crippen LogP contribution in [0.3, 0.4) is 0 Å². The number of nitrogens with zero attached hydrogens (tertiary/aromatic N) is 4. The van der Waals surface area contributed by atoms with E-state index < -0.39 is 5.60 Å². The molecule has 2 aromatic rings. The second-order valence-corrected chi connectivity index (χ2v) is 4.07. The maximum absolute atomic E-state index is 8.82. The fourth-order valence-corrected chi connectivity index (χ4v) is 1.71. The smallest absolute Gasteiger partial charge is 0.169 e. The number of hydrogen-bond acceptors (Lipinski definition) is 4. The first-order chi connectivity index (χ1) is 8.14. The lowest BCUT2D eigenvalue weighted by atomic mass is 10.0. The van der Waals surface area contributed by atoms with Gasteiger partial charge in [-0.25, -0.2) is 0 Å². The molecule has 2 rings (SSSR count). The van der Waals surface area contributed by atoms with E-state index in [0.29, 0.717) is 11.2 Å². The second-order valence-electron chi connectivity index (χ2n) is 4.07. The summed E-state index contributed by atoms with van der Waals surface area (Å²) in [4.78, 5) is 0. The van der Waals surface area contributed by atoms with Crippen LogP contribution < -0.4 is 0 Å². The minimum absolute atomic E-state index is 0.465. The SMILES string of the molecule is CCC(C)(OC)c1nnc2cc(C#N)ccn12. The molecule has 0 N–H and O–H groups in total. The summed E-state index contributed by atoms with van der Waals surface area (Å²) in [6.07, 6.45) is 2.60. The average Bonchev–Trinajstić information content (AvgIpc) is 2.81. The van der Waals surface area contributed by atoms with Crippen molar-refractivity contribution in [3.8, 4) is 6.07 Å². The van der Waals surface area contributed by atoms with Crippen LogP contribution in [0.15, 0.2) is 18.3 Å². The molecule has 0 radical (unpaired) electrons. The van der Waals surface area contributed by atoms with Crippen molar-refractivity contribution in [2.45, 2.75) is 25.9 Å². The first-order valence-electron chi connectivity index (χ1n) is 5.45. The van der Waals surface area contributed by atoms with E-state index in [1.165, 1.54) is 0 Å². The number of ether oxygens (including phenoxy) is 1. The van der Waals surface area contributed by atoms with E-state index in [1.54, 1.807) is 25.4 Å². The van der Waals surface area contributed by atoms with E-state index in [1.807, 2.05) is 18.2 Å². The van der Waals surface area contributed by atoms with E-state index in [4.69, 9.17) is 10.00 Å². The zero-order valence-corrected chi connectivity index (χ0v) is 10.1. The first-order valence-corrected chi connectivity index (χ1v) is 5.45. The van der Waals surface area contributed by atoms with Crippen LogP contribution in [0.5, 0.6) is 0 Å². The molecule has 17 heavy (non-hydrogen) atoms. The minimum atomic E-state index is -0.465. The van der Waals surface area contributed by atoms with Gasteiger partial charge in [-0.1, -0.05) is 6.92 Å². The molecule has 5 nitrogen and oxygen atoms in total. The summed E-state index contributed by atoms with van der Waals surface area (Å²) >= 11 is 0. The van der Waals surface area contributed by atoms with Crippen molar-refractivity contribution in [3.63, 3.8) is 0 Å². The van der Waals surface area contributed by atoms with Gasteiger partial charge in [0.15, 0.2) is 11.5 Å². The molecule has 0 aliphatic heterocycles. The van der Waals surface area contributed by atoms with Gasteiger partial charge in [-0.05, 0) is 19.4 Å². The summed E-state index contributed by atoms with van der Waals surface area (Å²) in [5.41, 5.74) is 0.774. The van der Waals surface area contributed by atoms with Crippen molar-refractivity contribution in [2.24, 2.45) is 0 Å². The monoisotopic (exact) mass is 230 g/mol. The summed E-state index contributed by atoms with van der Waals surface area (Å²) in [5.74, 6) is 0.752. The van der Waals surface area contributed by atoms with E-state index in [9.17, 15) is 0 Å². The van der Waals surface area contributed by atoms with Gasteiger partial charge in [0.25, 0.3) is 0 Å². The third-order valence-electron chi connectivity index (χ3n) is 3.14. The van der Waals surface area contributed by atoms with E-state index in [-0.39, 0.29) is 0 Å². The zero-order chi connectivity index (χ0) is 12.5. The number of aromatic nitrogens is 3. The summed E-state index contributed by atoms with van der Waals surface area (Å²) in [5, 5.41) is 17.1. The summed E-state index contributed by atoms with van der Waals surface area (Å²) < 4.78 is 7.36. The predicted molar refractivity (Wildman–Crippen MR) is 62.4 cm³/mol. The molecule has 0 fully saturated rings. The number of nitriles is 1. The number of fused-ring (bicyclic) bond motifs is 1. The Morgan fingerprint density at radius 1 is 1.53 bits per heavy atom. The Hall–Kier alpha value is -1.93. The highest BCUT2D eigenvalue weighted by molar-refractivity contribution is 5.45. The molecule has 5 heteroatoms. The molecule has 0 saturated heterocycles. The molecule has 2 aromatic heterocycles. The maximum Gasteiger partial charge on any atom is 0.169 e. The van der Waals surface area contributed by atoms with Crippen molar-refractivity contribution >= 4 is 5.65 Å². The highest BCUT2D eigenvalue weighted by atomic mass is 16.5. The number of pyridine rings is 1. The summed E-state index contributed by atoms with van der Waals surface area (Å²) in [6, 6.07) is 5.53. The Morgan fingerprint density at radius 2 is 2.29 bits per heavy atom. The first kappa shape index (κ1) is 11.6. The minimum Gasteiger partial charge on any atom is -0.371 e. The molecule has 0 aliphatic carbocycles. The highest BCUT2D eigenvalue weighted by Gasteiger charge is 2.29. The Bertz CT molecular complexity index is 578. The maximum atomic E-state index is 8.82. The molecule has 0 aliphatic rings. The lowest BCUT2D eigenvalue weighted by Crippen LogP contribution is -2.26. The van der Waals surface area contributed by atoms with E-state index in [0.717, 1.165) is 12.2 Å². The van der Waals surface area contributed by atoms with Gasteiger partial charge >= 0.3 is 0 Å². The Kier molecular flexibility index (Phi) is 2.82. The van der Waals surface area contributed by atoms with Crippen LogP contribution in [0.2, 0.25) is 0 Å². The van der Waals surface area contributed by atoms with Gasteiger partial charge in [0.05, 0.1) is 11.6 Å². The molecule has 88 valence electrons. The standard InChI is InChI=1S/C12H14N4O/c1-4-12(2,17-3)11-15-14-10-7-9(8-13)5-6-16(10)11/h5-7H,4H2,1-3H3. The molecule has 0 spiro atoms. The quantitative estimate of drug-likeness (QED) is 0.807. The molecule has 0 saturated carbocycles. The number of methoxy groups -OCH3 is 1. The fraction of sp³-hybridized carbons (Fsp3) is 0.417. The van der Waals surface area contributed by atoms with Gasteiger partial charge in [0.1, 0.15) is 5.60 Å². The van der Waals surface area contributed by atoms with Crippen LogP contribution >= 0.6 is 0 Å². The number of rotatable bonds is 3.